The lowest BCUT2D eigenvalue weighted by atomic mass is 10.2. The van der Waals surface area contributed by atoms with E-state index in [2.05, 4.69) is 10.5 Å². The van der Waals surface area contributed by atoms with Crippen LogP contribution in [0.4, 0.5) is 5.69 Å². The highest BCUT2D eigenvalue weighted by atomic mass is 35.5. The molecule has 0 heterocycles. The first-order valence-corrected chi connectivity index (χ1v) is 6.70. The standard InChI is InChI=1S/C16H11ClN4O/c17-13-3-1-12(2-4-13)11-22-16-7-5-14(6-8-16)20-21-15(9-18)10-19/h1-8,20H,11H2. The van der Waals surface area contributed by atoms with E-state index >= 15 is 0 Å². The third-order valence-corrected chi connectivity index (χ3v) is 2.93. The molecular weight excluding hydrogens is 300 g/mol. The zero-order chi connectivity index (χ0) is 15.8. The van der Waals surface area contributed by atoms with Crippen molar-refractivity contribution in [1.82, 2.24) is 0 Å². The van der Waals surface area contributed by atoms with Crippen LogP contribution in [-0.4, -0.2) is 5.71 Å². The Hall–Kier alpha value is -3.02. The predicted octanol–water partition coefficient (Wildman–Crippen LogP) is 3.73. The molecule has 0 aromatic heterocycles. The van der Waals surface area contributed by atoms with Gasteiger partial charge < -0.3 is 4.74 Å². The molecule has 0 aliphatic heterocycles. The molecule has 22 heavy (non-hydrogen) atoms. The molecule has 1 N–H and O–H groups in total. The average molecular weight is 311 g/mol. The van der Waals surface area contributed by atoms with Crippen molar-refractivity contribution in [1.29, 1.82) is 10.5 Å². The van der Waals surface area contributed by atoms with Crippen molar-refractivity contribution < 1.29 is 4.74 Å². The number of halogens is 1. The number of ether oxygens (including phenoxy) is 1. The largest absolute Gasteiger partial charge is 0.489 e. The highest BCUT2D eigenvalue weighted by Crippen LogP contribution is 2.17. The predicted molar refractivity (Wildman–Crippen MR) is 84.5 cm³/mol. The lowest BCUT2D eigenvalue weighted by molar-refractivity contribution is 0.306. The maximum absolute atomic E-state index is 8.57. The molecule has 0 saturated carbocycles. The van der Waals surface area contributed by atoms with Gasteiger partial charge in [0.05, 0.1) is 5.69 Å². The molecule has 108 valence electrons. The van der Waals surface area contributed by atoms with Crippen molar-refractivity contribution in [3.05, 3.63) is 59.1 Å². The van der Waals surface area contributed by atoms with Crippen LogP contribution in [0, 0.1) is 22.7 Å². The van der Waals surface area contributed by atoms with Gasteiger partial charge in [0.1, 0.15) is 24.5 Å². The topological polar surface area (TPSA) is 81.2 Å². The minimum absolute atomic E-state index is 0.233. The number of anilines is 1. The van der Waals surface area contributed by atoms with Crippen LogP contribution in [0.15, 0.2) is 53.6 Å². The molecule has 0 atom stereocenters. The summed E-state index contributed by atoms with van der Waals surface area (Å²) >= 11 is 5.82. The molecule has 0 aliphatic carbocycles. The fourth-order valence-electron chi connectivity index (χ4n) is 1.57. The first-order chi connectivity index (χ1) is 10.7. The van der Waals surface area contributed by atoms with Crippen molar-refractivity contribution in [2.24, 2.45) is 5.10 Å². The van der Waals surface area contributed by atoms with E-state index in [0.717, 1.165) is 5.56 Å². The minimum atomic E-state index is -0.233. The van der Waals surface area contributed by atoms with Gasteiger partial charge in [0.2, 0.25) is 5.71 Å². The molecule has 6 heteroatoms. The number of nitrogens with one attached hydrogen (secondary N) is 1. The third-order valence-electron chi connectivity index (χ3n) is 2.68. The van der Waals surface area contributed by atoms with Crippen LogP contribution in [-0.2, 0) is 6.61 Å². The third kappa shape index (κ3) is 4.52. The Balaban J connectivity index is 1.92. The summed E-state index contributed by atoms with van der Waals surface area (Å²) in [5.41, 5.74) is 4.07. The van der Waals surface area contributed by atoms with Crippen LogP contribution in [0.5, 0.6) is 5.75 Å². The van der Waals surface area contributed by atoms with Gasteiger partial charge in [-0.1, -0.05) is 23.7 Å². The zero-order valence-electron chi connectivity index (χ0n) is 11.5. The van der Waals surface area contributed by atoms with E-state index in [4.69, 9.17) is 26.9 Å². The normalized spacial score (nSPS) is 9.23. The van der Waals surface area contributed by atoms with Crippen LogP contribution in [0.25, 0.3) is 0 Å². The van der Waals surface area contributed by atoms with Crippen molar-refractivity contribution in [3.8, 4) is 17.9 Å². The van der Waals surface area contributed by atoms with E-state index in [1.54, 1.807) is 36.4 Å². The molecule has 5 nitrogen and oxygen atoms in total. The molecule has 0 spiro atoms. The van der Waals surface area contributed by atoms with Gasteiger partial charge >= 0.3 is 0 Å². The Morgan fingerprint density at radius 1 is 1.05 bits per heavy atom. The van der Waals surface area contributed by atoms with Gasteiger partial charge in [0, 0.05) is 5.02 Å². The van der Waals surface area contributed by atoms with E-state index < -0.39 is 0 Å². The van der Waals surface area contributed by atoms with Crippen molar-refractivity contribution in [2.45, 2.75) is 6.61 Å². The van der Waals surface area contributed by atoms with Crippen molar-refractivity contribution in [2.75, 3.05) is 5.43 Å². The molecule has 2 rings (SSSR count). The SMILES string of the molecule is N#CC(C#N)=NNc1ccc(OCc2ccc(Cl)cc2)cc1. The number of hydrogen-bond donors (Lipinski definition) is 1. The lowest BCUT2D eigenvalue weighted by Crippen LogP contribution is -1.97. The minimum Gasteiger partial charge on any atom is -0.489 e. The van der Waals surface area contributed by atoms with Crippen LogP contribution in [0.3, 0.4) is 0 Å². The van der Waals surface area contributed by atoms with E-state index in [1.807, 2.05) is 24.3 Å². The Morgan fingerprint density at radius 2 is 1.68 bits per heavy atom. The summed E-state index contributed by atoms with van der Waals surface area (Å²) in [6.45, 7) is 0.440. The van der Waals surface area contributed by atoms with E-state index in [1.165, 1.54) is 0 Å². The van der Waals surface area contributed by atoms with Crippen molar-refractivity contribution in [3.63, 3.8) is 0 Å². The smallest absolute Gasteiger partial charge is 0.237 e. The van der Waals surface area contributed by atoms with E-state index in [9.17, 15) is 0 Å². The average Bonchev–Trinajstić information content (AvgIpc) is 2.56. The Kier molecular flexibility index (Phi) is 5.37. The zero-order valence-corrected chi connectivity index (χ0v) is 12.2. The second-order valence-corrected chi connectivity index (χ2v) is 4.67. The maximum atomic E-state index is 8.57. The lowest BCUT2D eigenvalue weighted by Gasteiger charge is -2.07. The summed E-state index contributed by atoms with van der Waals surface area (Å²) < 4.78 is 5.64. The molecule has 0 aliphatic rings. The maximum Gasteiger partial charge on any atom is 0.237 e. The van der Waals surface area contributed by atoms with Gasteiger partial charge in [-0.05, 0) is 42.0 Å². The highest BCUT2D eigenvalue weighted by Gasteiger charge is 1.98. The van der Waals surface area contributed by atoms with Gasteiger partial charge in [0.15, 0.2) is 0 Å². The van der Waals surface area contributed by atoms with Gasteiger partial charge in [0.25, 0.3) is 0 Å². The number of nitriles is 2. The van der Waals surface area contributed by atoms with Crippen LogP contribution in [0.2, 0.25) is 5.02 Å². The van der Waals surface area contributed by atoms with E-state index in [-0.39, 0.29) is 5.71 Å². The number of benzene rings is 2. The van der Waals surface area contributed by atoms with Crippen LogP contribution in [0.1, 0.15) is 5.56 Å². The summed E-state index contributed by atoms with van der Waals surface area (Å²) in [7, 11) is 0. The second kappa shape index (κ2) is 7.68. The number of hydrazone groups is 1. The fourth-order valence-corrected chi connectivity index (χ4v) is 1.69. The molecule has 2 aromatic rings. The molecule has 0 amide bonds. The monoisotopic (exact) mass is 310 g/mol. The molecule has 0 radical (unpaired) electrons. The summed E-state index contributed by atoms with van der Waals surface area (Å²) in [6, 6.07) is 17.8. The Bertz CT molecular complexity index is 724. The summed E-state index contributed by atoms with van der Waals surface area (Å²) in [5.74, 6) is 0.699. The molecule has 0 fully saturated rings. The van der Waals surface area contributed by atoms with Crippen LogP contribution < -0.4 is 10.2 Å². The highest BCUT2D eigenvalue weighted by molar-refractivity contribution is 6.30. The Morgan fingerprint density at radius 3 is 2.27 bits per heavy atom. The summed E-state index contributed by atoms with van der Waals surface area (Å²) in [4.78, 5) is 0. The molecule has 0 saturated heterocycles. The fraction of sp³-hybridized carbons (Fsp3) is 0.0625. The van der Waals surface area contributed by atoms with E-state index in [0.29, 0.717) is 23.1 Å². The van der Waals surface area contributed by atoms with Crippen molar-refractivity contribution >= 4 is 23.0 Å². The molecular formula is C16H11ClN4O. The number of hydrogen-bond acceptors (Lipinski definition) is 5. The molecule has 0 unspecified atom stereocenters. The first-order valence-electron chi connectivity index (χ1n) is 6.32. The summed E-state index contributed by atoms with van der Waals surface area (Å²) in [6.07, 6.45) is 0. The van der Waals surface area contributed by atoms with Gasteiger partial charge in [-0.2, -0.15) is 15.6 Å². The van der Waals surface area contributed by atoms with Crippen LogP contribution >= 0.6 is 11.6 Å². The van der Waals surface area contributed by atoms with Gasteiger partial charge in [-0.3, -0.25) is 5.43 Å². The molecule has 2 aromatic carbocycles. The first kappa shape index (κ1) is 15.4. The quantitative estimate of drug-likeness (QED) is 0.674. The van der Waals surface area contributed by atoms with Gasteiger partial charge in [-0.15, -0.1) is 0 Å². The number of rotatable bonds is 5. The Labute approximate surface area is 133 Å². The summed E-state index contributed by atoms with van der Waals surface area (Å²) in [5, 5.41) is 21.5. The second-order valence-electron chi connectivity index (χ2n) is 4.24. The van der Waals surface area contributed by atoms with Gasteiger partial charge in [-0.25, -0.2) is 0 Å². The number of nitrogens with zero attached hydrogens (tertiary/aromatic N) is 3. The molecule has 0 bridgehead atoms.